The van der Waals surface area contributed by atoms with Crippen LogP contribution in [0, 0.1) is 5.92 Å². The highest BCUT2D eigenvalue weighted by Crippen LogP contribution is 2.29. The SMILES string of the molecule is CCC(CC)CNC(=O)/C=C/c1ccc(OC(F)F)c(OC)c1. The maximum absolute atomic E-state index is 12.3. The first-order valence-electron chi connectivity index (χ1n) is 7.58. The summed E-state index contributed by atoms with van der Waals surface area (Å²) in [6.07, 6.45) is 5.04. The largest absolute Gasteiger partial charge is 0.493 e. The molecule has 0 saturated carbocycles. The van der Waals surface area contributed by atoms with E-state index in [0.717, 1.165) is 12.8 Å². The zero-order valence-corrected chi connectivity index (χ0v) is 13.6. The molecule has 1 N–H and O–H groups in total. The number of halogens is 2. The highest BCUT2D eigenvalue weighted by Gasteiger charge is 2.10. The van der Waals surface area contributed by atoms with Gasteiger partial charge >= 0.3 is 6.61 Å². The molecule has 1 amide bonds. The second kappa shape index (κ2) is 9.82. The smallest absolute Gasteiger partial charge is 0.387 e. The number of amides is 1. The molecule has 0 aromatic heterocycles. The summed E-state index contributed by atoms with van der Waals surface area (Å²) in [5, 5.41) is 2.84. The number of methoxy groups -OCH3 is 1. The van der Waals surface area contributed by atoms with Crippen LogP contribution in [0.1, 0.15) is 32.3 Å². The maximum atomic E-state index is 12.3. The Kier molecular flexibility index (Phi) is 8.08. The van der Waals surface area contributed by atoms with Gasteiger partial charge in [0.15, 0.2) is 11.5 Å². The fraction of sp³-hybridized carbons (Fsp3) is 0.471. The highest BCUT2D eigenvalue weighted by molar-refractivity contribution is 5.91. The van der Waals surface area contributed by atoms with Crippen molar-refractivity contribution in [3.05, 3.63) is 29.8 Å². The third-order valence-corrected chi connectivity index (χ3v) is 3.55. The van der Waals surface area contributed by atoms with Gasteiger partial charge in [-0.1, -0.05) is 32.8 Å². The second-order valence-corrected chi connectivity index (χ2v) is 5.05. The van der Waals surface area contributed by atoms with Crippen molar-refractivity contribution >= 4 is 12.0 Å². The number of carbonyl (C=O) groups excluding carboxylic acids is 1. The topological polar surface area (TPSA) is 47.6 Å². The molecule has 0 saturated heterocycles. The van der Waals surface area contributed by atoms with Crippen LogP contribution in [0.2, 0.25) is 0 Å². The van der Waals surface area contributed by atoms with Crippen molar-refractivity contribution < 1.29 is 23.0 Å². The van der Waals surface area contributed by atoms with Gasteiger partial charge < -0.3 is 14.8 Å². The lowest BCUT2D eigenvalue weighted by atomic mass is 10.0. The van der Waals surface area contributed by atoms with Crippen molar-refractivity contribution in [3.8, 4) is 11.5 Å². The molecule has 23 heavy (non-hydrogen) atoms. The first-order valence-corrected chi connectivity index (χ1v) is 7.58. The maximum Gasteiger partial charge on any atom is 0.387 e. The summed E-state index contributed by atoms with van der Waals surface area (Å²) in [7, 11) is 1.36. The van der Waals surface area contributed by atoms with E-state index in [9.17, 15) is 13.6 Å². The van der Waals surface area contributed by atoms with E-state index in [4.69, 9.17) is 4.74 Å². The Morgan fingerprint density at radius 1 is 1.26 bits per heavy atom. The van der Waals surface area contributed by atoms with Gasteiger partial charge in [0.1, 0.15) is 0 Å². The number of ether oxygens (including phenoxy) is 2. The van der Waals surface area contributed by atoms with E-state index in [1.165, 1.54) is 25.3 Å². The van der Waals surface area contributed by atoms with Crippen LogP contribution in [-0.2, 0) is 4.79 Å². The minimum atomic E-state index is -2.92. The van der Waals surface area contributed by atoms with Crippen LogP contribution in [0.15, 0.2) is 24.3 Å². The zero-order chi connectivity index (χ0) is 17.2. The molecule has 128 valence electrons. The molecule has 6 heteroatoms. The molecule has 0 aliphatic carbocycles. The molecule has 1 aromatic rings. The van der Waals surface area contributed by atoms with Crippen LogP contribution in [0.3, 0.4) is 0 Å². The van der Waals surface area contributed by atoms with E-state index in [-0.39, 0.29) is 17.4 Å². The number of rotatable bonds is 9. The highest BCUT2D eigenvalue weighted by atomic mass is 19.3. The molecule has 0 atom stereocenters. The van der Waals surface area contributed by atoms with E-state index in [0.29, 0.717) is 18.0 Å². The number of hydrogen-bond donors (Lipinski definition) is 1. The van der Waals surface area contributed by atoms with Crippen LogP contribution >= 0.6 is 0 Å². The third kappa shape index (κ3) is 6.67. The predicted octanol–water partition coefficient (Wildman–Crippen LogP) is 3.86. The van der Waals surface area contributed by atoms with E-state index in [2.05, 4.69) is 23.9 Å². The summed E-state index contributed by atoms with van der Waals surface area (Å²) in [5.41, 5.74) is 0.654. The van der Waals surface area contributed by atoms with Crippen molar-refractivity contribution in [2.45, 2.75) is 33.3 Å². The number of carbonyl (C=O) groups is 1. The van der Waals surface area contributed by atoms with Crippen LogP contribution in [-0.4, -0.2) is 26.2 Å². The fourth-order valence-corrected chi connectivity index (χ4v) is 2.03. The first kappa shape index (κ1) is 18.9. The molecular formula is C17H23F2NO3. The fourth-order valence-electron chi connectivity index (χ4n) is 2.03. The Bertz CT molecular complexity index is 529. The Morgan fingerprint density at radius 3 is 2.52 bits per heavy atom. The van der Waals surface area contributed by atoms with Crippen molar-refractivity contribution in [3.63, 3.8) is 0 Å². The summed E-state index contributed by atoms with van der Waals surface area (Å²) >= 11 is 0. The van der Waals surface area contributed by atoms with E-state index in [1.807, 2.05) is 0 Å². The lowest BCUT2D eigenvalue weighted by Crippen LogP contribution is -2.27. The van der Waals surface area contributed by atoms with Gasteiger partial charge in [-0.15, -0.1) is 0 Å². The molecular weight excluding hydrogens is 304 g/mol. The molecule has 0 aliphatic heterocycles. The summed E-state index contributed by atoms with van der Waals surface area (Å²) in [4.78, 5) is 11.8. The van der Waals surface area contributed by atoms with Gasteiger partial charge in [0, 0.05) is 12.6 Å². The van der Waals surface area contributed by atoms with Gasteiger partial charge in [0.2, 0.25) is 5.91 Å². The molecule has 1 rings (SSSR count). The van der Waals surface area contributed by atoms with Gasteiger partial charge in [-0.25, -0.2) is 0 Å². The molecule has 0 spiro atoms. The van der Waals surface area contributed by atoms with Crippen LogP contribution in [0.25, 0.3) is 6.08 Å². The standard InChI is InChI=1S/C17H23F2NO3/c1-4-12(5-2)11-20-16(21)9-7-13-6-8-14(23-17(18)19)15(10-13)22-3/h6-10,12,17H,4-5,11H2,1-3H3,(H,20,21)/b9-7+. The van der Waals surface area contributed by atoms with Gasteiger partial charge in [-0.2, -0.15) is 8.78 Å². The van der Waals surface area contributed by atoms with Crippen molar-refractivity contribution in [2.75, 3.05) is 13.7 Å². The minimum Gasteiger partial charge on any atom is -0.493 e. The normalized spacial score (nSPS) is 11.3. The lowest BCUT2D eigenvalue weighted by Gasteiger charge is -2.12. The Hall–Kier alpha value is -2.11. The molecule has 0 aliphatic rings. The average Bonchev–Trinajstić information content (AvgIpc) is 2.54. The van der Waals surface area contributed by atoms with E-state index < -0.39 is 6.61 Å². The van der Waals surface area contributed by atoms with Crippen LogP contribution < -0.4 is 14.8 Å². The molecule has 0 radical (unpaired) electrons. The third-order valence-electron chi connectivity index (χ3n) is 3.55. The Balaban J connectivity index is 2.67. The minimum absolute atomic E-state index is 0.0437. The molecule has 0 heterocycles. The summed E-state index contributed by atoms with van der Waals surface area (Å²) in [6, 6.07) is 4.49. The number of hydrogen-bond acceptors (Lipinski definition) is 3. The van der Waals surface area contributed by atoms with Crippen molar-refractivity contribution in [2.24, 2.45) is 5.92 Å². The quantitative estimate of drug-likeness (QED) is 0.701. The number of benzene rings is 1. The molecule has 0 unspecified atom stereocenters. The van der Waals surface area contributed by atoms with Crippen molar-refractivity contribution in [1.29, 1.82) is 0 Å². The van der Waals surface area contributed by atoms with Gasteiger partial charge in [-0.05, 0) is 29.7 Å². The average molecular weight is 327 g/mol. The molecule has 0 fully saturated rings. The van der Waals surface area contributed by atoms with Gasteiger partial charge in [-0.3, -0.25) is 4.79 Å². The van der Waals surface area contributed by atoms with Crippen molar-refractivity contribution in [1.82, 2.24) is 5.32 Å². The first-order chi connectivity index (χ1) is 11.0. The van der Waals surface area contributed by atoms with E-state index >= 15 is 0 Å². The van der Waals surface area contributed by atoms with Crippen LogP contribution in [0.4, 0.5) is 8.78 Å². The summed E-state index contributed by atoms with van der Waals surface area (Å²) in [6.45, 7) is 1.90. The Labute approximate surface area is 135 Å². The predicted molar refractivity (Wildman–Crippen MR) is 85.7 cm³/mol. The molecule has 4 nitrogen and oxygen atoms in total. The van der Waals surface area contributed by atoms with Gasteiger partial charge in [0.25, 0.3) is 0 Å². The van der Waals surface area contributed by atoms with Gasteiger partial charge in [0.05, 0.1) is 7.11 Å². The number of alkyl halides is 2. The zero-order valence-electron chi connectivity index (χ0n) is 13.6. The monoisotopic (exact) mass is 327 g/mol. The molecule has 1 aromatic carbocycles. The Morgan fingerprint density at radius 2 is 1.96 bits per heavy atom. The van der Waals surface area contributed by atoms with Crippen LogP contribution in [0.5, 0.6) is 11.5 Å². The second-order valence-electron chi connectivity index (χ2n) is 5.05. The lowest BCUT2D eigenvalue weighted by molar-refractivity contribution is -0.116. The molecule has 0 bridgehead atoms. The number of nitrogens with one attached hydrogen (secondary N) is 1. The summed E-state index contributed by atoms with van der Waals surface area (Å²) in [5.74, 6) is 0.421. The van der Waals surface area contributed by atoms with E-state index in [1.54, 1.807) is 12.1 Å². The summed E-state index contributed by atoms with van der Waals surface area (Å²) < 4.78 is 33.9.